The van der Waals surface area contributed by atoms with Gasteiger partial charge in [0.05, 0.1) is 17.3 Å². The molecule has 0 fully saturated rings. The number of carbonyl (C=O) groups excluding carboxylic acids is 1. The van der Waals surface area contributed by atoms with Crippen LogP contribution in [0.25, 0.3) is 11.3 Å². The third-order valence-corrected chi connectivity index (χ3v) is 5.63. The number of nitrogens with one attached hydrogen (secondary N) is 1. The van der Waals surface area contributed by atoms with Gasteiger partial charge in [-0.15, -0.1) is 11.3 Å². The van der Waals surface area contributed by atoms with Crippen LogP contribution in [0.2, 0.25) is 10.0 Å². The van der Waals surface area contributed by atoms with Crippen LogP contribution in [0.3, 0.4) is 0 Å². The Hall–Kier alpha value is -2.08. The topological polar surface area (TPSA) is 51.2 Å². The number of nitrogens with zero attached hydrogens (tertiary/aromatic N) is 1. The van der Waals surface area contributed by atoms with Crippen LogP contribution < -0.4 is 10.1 Å². The van der Waals surface area contributed by atoms with Gasteiger partial charge < -0.3 is 10.1 Å². The molecule has 7 heteroatoms. The maximum Gasteiger partial charge on any atom is 0.226 e. The third kappa shape index (κ3) is 6.73. The lowest BCUT2D eigenvalue weighted by molar-refractivity contribution is -0.116. The van der Waals surface area contributed by atoms with Crippen LogP contribution in [-0.4, -0.2) is 17.5 Å². The van der Waals surface area contributed by atoms with E-state index in [9.17, 15) is 4.79 Å². The van der Waals surface area contributed by atoms with Crippen LogP contribution in [0.1, 0.15) is 32.3 Å². The third-order valence-electron chi connectivity index (χ3n) is 4.34. The standard InChI is InChI=1S/C23H24Cl2N2O2S/c1-15(2)12-16-5-7-17(8-6-16)20-14-30-23(26-20)27-22(28)4-3-11-29-21-10-9-18(24)13-19(21)25/h5-10,13-15H,3-4,11-12H2,1-2H3,(H,26,27,28). The number of halogens is 2. The first kappa shape index (κ1) is 22.6. The molecule has 1 aromatic heterocycles. The quantitative estimate of drug-likeness (QED) is 0.344. The van der Waals surface area contributed by atoms with Crippen LogP contribution in [0.15, 0.2) is 47.8 Å². The SMILES string of the molecule is CC(C)Cc1ccc(-c2csc(NC(=O)CCCOc3ccc(Cl)cc3Cl)n2)cc1. The average molecular weight is 463 g/mol. The molecule has 0 atom stereocenters. The molecule has 2 aromatic carbocycles. The summed E-state index contributed by atoms with van der Waals surface area (Å²) in [6.45, 7) is 4.81. The molecule has 1 heterocycles. The van der Waals surface area contributed by atoms with Crippen molar-refractivity contribution in [2.75, 3.05) is 11.9 Å². The molecule has 158 valence electrons. The summed E-state index contributed by atoms with van der Waals surface area (Å²) in [5.74, 6) is 1.10. The summed E-state index contributed by atoms with van der Waals surface area (Å²) in [6.07, 6.45) is 1.97. The van der Waals surface area contributed by atoms with E-state index in [1.54, 1.807) is 18.2 Å². The zero-order chi connectivity index (χ0) is 21.5. The minimum Gasteiger partial charge on any atom is -0.492 e. The van der Waals surface area contributed by atoms with Gasteiger partial charge in [0.1, 0.15) is 5.75 Å². The van der Waals surface area contributed by atoms with Crippen LogP contribution in [-0.2, 0) is 11.2 Å². The van der Waals surface area contributed by atoms with Gasteiger partial charge in [0, 0.05) is 22.4 Å². The highest BCUT2D eigenvalue weighted by Crippen LogP contribution is 2.28. The molecular formula is C23H24Cl2N2O2S. The normalized spacial score (nSPS) is 11.0. The molecule has 0 saturated heterocycles. The average Bonchev–Trinajstić information content (AvgIpc) is 3.15. The van der Waals surface area contributed by atoms with Crippen molar-refractivity contribution in [3.05, 3.63) is 63.5 Å². The summed E-state index contributed by atoms with van der Waals surface area (Å²) in [5.41, 5.74) is 3.24. The molecule has 1 amide bonds. The zero-order valence-corrected chi connectivity index (χ0v) is 19.3. The number of aromatic nitrogens is 1. The van der Waals surface area contributed by atoms with Gasteiger partial charge in [0.2, 0.25) is 5.91 Å². The van der Waals surface area contributed by atoms with E-state index in [0.29, 0.717) is 46.3 Å². The molecule has 0 aliphatic rings. The highest BCUT2D eigenvalue weighted by atomic mass is 35.5. The maximum atomic E-state index is 12.2. The van der Waals surface area contributed by atoms with Crippen molar-refractivity contribution in [3.63, 3.8) is 0 Å². The van der Waals surface area contributed by atoms with E-state index in [1.165, 1.54) is 16.9 Å². The number of amides is 1. The lowest BCUT2D eigenvalue weighted by Gasteiger charge is -2.08. The summed E-state index contributed by atoms with van der Waals surface area (Å²) >= 11 is 13.4. The monoisotopic (exact) mass is 462 g/mol. The number of carbonyl (C=O) groups is 1. The van der Waals surface area contributed by atoms with Gasteiger partial charge in [-0.25, -0.2) is 4.98 Å². The number of rotatable bonds is 9. The van der Waals surface area contributed by atoms with Crippen molar-refractivity contribution in [1.29, 1.82) is 0 Å². The van der Waals surface area contributed by atoms with E-state index in [2.05, 4.69) is 48.4 Å². The molecule has 0 aliphatic carbocycles. The highest BCUT2D eigenvalue weighted by molar-refractivity contribution is 7.14. The summed E-state index contributed by atoms with van der Waals surface area (Å²) in [5, 5.41) is 6.43. The molecule has 0 spiro atoms. The van der Waals surface area contributed by atoms with Gasteiger partial charge in [-0.1, -0.05) is 61.3 Å². The smallest absolute Gasteiger partial charge is 0.226 e. The van der Waals surface area contributed by atoms with Crippen molar-refractivity contribution in [2.24, 2.45) is 5.92 Å². The Morgan fingerprint density at radius 3 is 2.63 bits per heavy atom. The van der Waals surface area contributed by atoms with Gasteiger partial charge in [-0.3, -0.25) is 4.79 Å². The molecule has 0 aliphatic heterocycles. The summed E-state index contributed by atoms with van der Waals surface area (Å²) in [6, 6.07) is 13.5. The summed E-state index contributed by atoms with van der Waals surface area (Å²) in [4.78, 5) is 16.7. The largest absolute Gasteiger partial charge is 0.492 e. The van der Waals surface area contributed by atoms with Crippen molar-refractivity contribution in [1.82, 2.24) is 4.98 Å². The van der Waals surface area contributed by atoms with Crippen LogP contribution in [0.4, 0.5) is 5.13 Å². The Balaban J connectivity index is 1.45. The van der Waals surface area contributed by atoms with E-state index in [0.717, 1.165) is 17.7 Å². The summed E-state index contributed by atoms with van der Waals surface area (Å²) in [7, 11) is 0. The van der Waals surface area contributed by atoms with Crippen molar-refractivity contribution in [3.8, 4) is 17.0 Å². The van der Waals surface area contributed by atoms with Crippen molar-refractivity contribution < 1.29 is 9.53 Å². The second kappa shape index (κ2) is 10.8. The van der Waals surface area contributed by atoms with E-state index < -0.39 is 0 Å². The first-order chi connectivity index (χ1) is 14.4. The molecule has 3 rings (SSSR count). The maximum absolute atomic E-state index is 12.2. The van der Waals surface area contributed by atoms with Gasteiger partial charge >= 0.3 is 0 Å². The molecule has 3 aromatic rings. The Bertz CT molecular complexity index is 987. The van der Waals surface area contributed by atoms with Crippen molar-refractivity contribution >= 4 is 45.6 Å². The Morgan fingerprint density at radius 1 is 1.17 bits per heavy atom. The lowest BCUT2D eigenvalue weighted by atomic mass is 10.0. The zero-order valence-electron chi connectivity index (χ0n) is 17.0. The van der Waals surface area contributed by atoms with Gasteiger partial charge in [-0.2, -0.15) is 0 Å². The molecule has 0 saturated carbocycles. The van der Waals surface area contributed by atoms with Crippen LogP contribution >= 0.6 is 34.5 Å². The number of hydrogen-bond donors (Lipinski definition) is 1. The predicted molar refractivity (Wildman–Crippen MR) is 126 cm³/mol. The highest BCUT2D eigenvalue weighted by Gasteiger charge is 2.09. The lowest BCUT2D eigenvalue weighted by Crippen LogP contribution is -2.12. The molecule has 0 radical (unpaired) electrons. The fourth-order valence-corrected chi connectivity index (χ4v) is 4.13. The second-order valence-electron chi connectivity index (χ2n) is 7.41. The predicted octanol–water partition coefficient (Wildman–Crippen LogP) is 7.11. The Labute approximate surface area is 191 Å². The van der Waals surface area contributed by atoms with Crippen LogP contribution in [0, 0.1) is 5.92 Å². The second-order valence-corrected chi connectivity index (χ2v) is 9.11. The molecule has 4 nitrogen and oxygen atoms in total. The van der Waals surface area contributed by atoms with E-state index in [-0.39, 0.29) is 5.91 Å². The molecule has 30 heavy (non-hydrogen) atoms. The van der Waals surface area contributed by atoms with E-state index in [4.69, 9.17) is 27.9 Å². The van der Waals surface area contributed by atoms with Gasteiger partial charge in [0.25, 0.3) is 0 Å². The molecule has 1 N–H and O–H groups in total. The minimum absolute atomic E-state index is 0.0889. The van der Waals surface area contributed by atoms with Gasteiger partial charge in [0.15, 0.2) is 5.13 Å². The fourth-order valence-electron chi connectivity index (χ4n) is 2.94. The van der Waals surface area contributed by atoms with E-state index in [1.807, 2.05) is 5.38 Å². The van der Waals surface area contributed by atoms with E-state index >= 15 is 0 Å². The molecular weight excluding hydrogens is 439 g/mol. The number of anilines is 1. The Morgan fingerprint density at radius 2 is 1.93 bits per heavy atom. The summed E-state index contributed by atoms with van der Waals surface area (Å²) < 4.78 is 5.60. The van der Waals surface area contributed by atoms with Crippen LogP contribution in [0.5, 0.6) is 5.75 Å². The number of ether oxygens (including phenoxy) is 1. The minimum atomic E-state index is -0.0889. The van der Waals surface area contributed by atoms with Crippen molar-refractivity contribution in [2.45, 2.75) is 33.1 Å². The number of thiazole rings is 1. The molecule has 0 bridgehead atoms. The first-order valence-electron chi connectivity index (χ1n) is 9.83. The van der Waals surface area contributed by atoms with Gasteiger partial charge in [-0.05, 0) is 42.5 Å². The Kier molecular flexibility index (Phi) is 8.14. The molecule has 0 unspecified atom stereocenters. The fraction of sp³-hybridized carbons (Fsp3) is 0.304. The number of benzene rings is 2. The number of hydrogen-bond acceptors (Lipinski definition) is 4. The first-order valence-corrected chi connectivity index (χ1v) is 11.5.